The maximum Gasteiger partial charge on any atom is 0.285 e. The molecule has 1 aliphatic rings. The minimum atomic E-state index is -1.36. The van der Waals surface area contributed by atoms with Gasteiger partial charge in [-0.25, -0.2) is 8.78 Å². The van der Waals surface area contributed by atoms with Crippen molar-refractivity contribution in [3.8, 4) is 0 Å². The molecule has 0 saturated carbocycles. The van der Waals surface area contributed by atoms with Gasteiger partial charge in [-0.2, -0.15) is 0 Å². The van der Waals surface area contributed by atoms with Crippen LogP contribution in [0.1, 0.15) is 16.8 Å². The lowest BCUT2D eigenvalue weighted by atomic mass is 10.1. The van der Waals surface area contributed by atoms with Crippen LogP contribution in [0, 0.1) is 21.7 Å². The summed E-state index contributed by atoms with van der Waals surface area (Å²) in [5.74, 6) is -3.36. The van der Waals surface area contributed by atoms with E-state index in [9.17, 15) is 23.7 Å². The highest BCUT2D eigenvalue weighted by Crippen LogP contribution is 2.25. The Labute approximate surface area is 106 Å². The fourth-order valence-corrected chi connectivity index (χ4v) is 2.00. The van der Waals surface area contributed by atoms with Crippen molar-refractivity contribution in [2.75, 3.05) is 13.1 Å². The molecule has 6 nitrogen and oxygen atoms in total. The van der Waals surface area contributed by atoms with Crippen molar-refractivity contribution >= 4 is 11.6 Å². The van der Waals surface area contributed by atoms with Gasteiger partial charge in [0.05, 0.1) is 11.0 Å². The summed E-state index contributed by atoms with van der Waals surface area (Å²) in [7, 11) is 0. The van der Waals surface area contributed by atoms with Crippen molar-refractivity contribution in [3.05, 3.63) is 39.4 Å². The van der Waals surface area contributed by atoms with Crippen LogP contribution in [-0.2, 0) is 0 Å². The smallest absolute Gasteiger partial charge is 0.285 e. The van der Waals surface area contributed by atoms with Crippen LogP contribution in [0.4, 0.5) is 14.5 Å². The number of rotatable bonds is 2. The van der Waals surface area contributed by atoms with Crippen molar-refractivity contribution in [1.82, 2.24) is 4.90 Å². The number of nitrogens with zero attached hydrogens (tertiary/aromatic N) is 2. The molecule has 2 rings (SSSR count). The number of likely N-dealkylation sites (tertiary alicyclic amines) is 1. The number of carbonyl (C=O) groups is 1. The van der Waals surface area contributed by atoms with Gasteiger partial charge in [-0.3, -0.25) is 14.9 Å². The van der Waals surface area contributed by atoms with E-state index in [1.54, 1.807) is 0 Å². The summed E-state index contributed by atoms with van der Waals surface area (Å²) >= 11 is 0. The predicted molar refractivity (Wildman–Crippen MR) is 61.5 cm³/mol. The maximum atomic E-state index is 13.2. The van der Waals surface area contributed by atoms with Crippen LogP contribution in [0.25, 0.3) is 0 Å². The first-order chi connectivity index (χ1) is 8.90. The standard InChI is InChI=1S/C11H11F2N3O3/c12-8-3-7(10(16(18)19)4-9(8)13)11(17)15-2-1-6(14)5-15/h3-4,6H,1-2,5,14H2/t6-/m0/s1. The number of nitro groups is 1. The minimum absolute atomic E-state index is 0.201. The number of amides is 1. The molecule has 1 saturated heterocycles. The predicted octanol–water partition coefficient (Wildman–Crippen LogP) is 1.05. The number of nitrogens with two attached hydrogens (primary N) is 1. The minimum Gasteiger partial charge on any atom is -0.337 e. The molecule has 1 aromatic rings. The molecule has 1 amide bonds. The molecule has 0 spiro atoms. The monoisotopic (exact) mass is 271 g/mol. The van der Waals surface area contributed by atoms with Crippen molar-refractivity contribution < 1.29 is 18.5 Å². The molecule has 1 heterocycles. The number of benzene rings is 1. The van der Waals surface area contributed by atoms with E-state index in [0.29, 0.717) is 25.1 Å². The highest BCUT2D eigenvalue weighted by molar-refractivity contribution is 5.98. The van der Waals surface area contributed by atoms with Crippen molar-refractivity contribution in [2.24, 2.45) is 5.73 Å². The molecule has 1 fully saturated rings. The van der Waals surface area contributed by atoms with Crippen LogP contribution in [0.5, 0.6) is 0 Å². The third-order valence-corrected chi connectivity index (χ3v) is 2.98. The van der Waals surface area contributed by atoms with Gasteiger partial charge in [0.1, 0.15) is 5.56 Å². The van der Waals surface area contributed by atoms with Gasteiger partial charge < -0.3 is 10.6 Å². The summed E-state index contributed by atoms with van der Waals surface area (Å²) < 4.78 is 26.2. The number of halogens is 2. The zero-order valence-corrected chi connectivity index (χ0v) is 9.81. The Morgan fingerprint density at radius 1 is 1.42 bits per heavy atom. The normalized spacial score (nSPS) is 18.7. The Hall–Kier alpha value is -2.09. The Balaban J connectivity index is 2.40. The molecule has 0 bridgehead atoms. The molecule has 102 valence electrons. The summed E-state index contributed by atoms with van der Waals surface area (Å²) in [6, 6.07) is 0.770. The van der Waals surface area contributed by atoms with Gasteiger partial charge in [-0.05, 0) is 12.5 Å². The van der Waals surface area contributed by atoms with E-state index in [1.165, 1.54) is 4.90 Å². The van der Waals surface area contributed by atoms with Crippen molar-refractivity contribution in [2.45, 2.75) is 12.5 Å². The van der Waals surface area contributed by atoms with Gasteiger partial charge in [0.15, 0.2) is 11.6 Å². The number of nitro benzene ring substituents is 1. The average molecular weight is 271 g/mol. The van der Waals surface area contributed by atoms with Gasteiger partial charge in [0.2, 0.25) is 0 Å². The van der Waals surface area contributed by atoms with Crippen LogP contribution in [0.15, 0.2) is 12.1 Å². The molecule has 0 aromatic heterocycles. The van der Waals surface area contributed by atoms with Crippen LogP contribution in [-0.4, -0.2) is 34.9 Å². The SMILES string of the molecule is N[C@H]1CCN(C(=O)c2cc(F)c(F)cc2[N+](=O)[O-])C1. The van der Waals surface area contributed by atoms with Crippen LogP contribution >= 0.6 is 0 Å². The van der Waals surface area contributed by atoms with E-state index in [-0.39, 0.29) is 12.6 Å². The largest absolute Gasteiger partial charge is 0.337 e. The van der Waals surface area contributed by atoms with Crippen LogP contribution < -0.4 is 5.73 Å². The summed E-state index contributed by atoms with van der Waals surface area (Å²) in [4.78, 5) is 23.2. The Bertz CT molecular complexity index is 550. The third-order valence-electron chi connectivity index (χ3n) is 2.98. The molecular formula is C11H11F2N3O3. The lowest BCUT2D eigenvalue weighted by Gasteiger charge is -2.15. The molecule has 2 N–H and O–H groups in total. The maximum absolute atomic E-state index is 13.2. The second kappa shape index (κ2) is 4.88. The molecular weight excluding hydrogens is 260 g/mol. The topological polar surface area (TPSA) is 89.5 Å². The van der Waals surface area contributed by atoms with Crippen molar-refractivity contribution in [3.63, 3.8) is 0 Å². The molecule has 0 unspecified atom stereocenters. The van der Waals surface area contributed by atoms with E-state index >= 15 is 0 Å². The fourth-order valence-electron chi connectivity index (χ4n) is 2.00. The summed E-state index contributed by atoms with van der Waals surface area (Å²) in [6.45, 7) is 0.588. The van der Waals surface area contributed by atoms with E-state index in [2.05, 4.69) is 0 Å². The Morgan fingerprint density at radius 2 is 2.05 bits per heavy atom. The highest BCUT2D eigenvalue weighted by atomic mass is 19.2. The van der Waals surface area contributed by atoms with Crippen LogP contribution in [0.2, 0.25) is 0 Å². The van der Waals surface area contributed by atoms with Gasteiger partial charge in [0, 0.05) is 19.1 Å². The molecule has 0 aliphatic carbocycles. The van der Waals surface area contributed by atoms with Gasteiger partial charge >= 0.3 is 0 Å². The summed E-state index contributed by atoms with van der Waals surface area (Å²) in [6.07, 6.45) is 0.573. The molecule has 19 heavy (non-hydrogen) atoms. The molecule has 8 heteroatoms. The van der Waals surface area contributed by atoms with Crippen molar-refractivity contribution in [1.29, 1.82) is 0 Å². The van der Waals surface area contributed by atoms with Crippen LogP contribution in [0.3, 0.4) is 0 Å². The second-order valence-electron chi connectivity index (χ2n) is 4.34. The van der Waals surface area contributed by atoms with Gasteiger partial charge in [-0.15, -0.1) is 0 Å². The van der Waals surface area contributed by atoms with Gasteiger partial charge in [-0.1, -0.05) is 0 Å². The quantitative estimate of drug-likeness (QED) is 0.643. The molecule has 1 aromatic carbocycles. The fraction of sp³-hybridized carbons (Fsp3) is 0.364. The number of hydrogen-bond acceptors (Lipinski definition) is 4. The Morgan fingerprint density at radius 3 is 2.58 bits per heavy atom. The Kier molecular flexibility index (Phi) is 3.43. The van der Waals surface area contributed by atoms with E-state index in [0.717, 1.165) is 0 Å². The molecule has 1 atom stereocenters. The average Bonchev–Trinajstić information content (AvgIpc) is 2.77. The zero-order valence-electron chi connectivity index (χ0n) is 9.81. The van der Waals surface area contributed by atoms with Gasteiger partial charge in [0.25, 0.3) is 11.6 Å². The summed E-state index contributed by atoms with van der Waals surface area (Å²) in [5, 5.41) is 10.8. The lowest BCUT2D eigenvalue weighted by Crippen LogP contribution is -2.32. The zero-order chi connectivity index (χ0) is 14.2. The molecule has 1 aliphatic heterocycles. The summed E-state index contributed by atoms with van der Waals surface area (Å²) in [5.41, 5.74) is 4.42. The number of hydrogen-bond donors (Lipinski definition) is 1. The first-order valence-electron chi connectivity index (χ1n) is 5.58. The first kappa shape index (κ1) is 13.3. The van der Waals surface area contributed by atoms with E-state index in [1.807, 2.05) is 0 Å². The first-order valence-corrected chi connectivity index (χ1v) is 5.58. The van der Waals surface area contributed by atoms with E-state index in [4.69, 9.17) is 5.73 Å². The lowest BCUT2D eigenvalue weighted by molar-refractivity contribution is -0.385. The van der Waals surface area contributed by atoms with E-state index < -0.39 is 33.7 Å². The number of carbonyl (C=O) groups excluding carboxylic acids is 1. The molecule has 0 radical (unpaired) electrons. The second-order valence-corrected chi connectivity index (χ2v) is 4.34. The highest BCUT2D eigenvalue weighted by Gasteiger charge is 2.30. The third kappa shape index (κ3) is 2.53.